The first-order valence-electron chi connectivity index (χ1n) is 33.7. The van der Waals surface area contributed by atoms with Gasteiger partial charge in [-0.25, -0.2) is 14.4 Å². The first-order valence-corrected chi connectivity index (χ1v) is 33.7. The Kier molecular flexibility index (Phi) is 32.0. The van der Waals surface area contributed by atoms with E-state index in [1.54, 1.807) is 0 Å². The van der Waals surface area contributed by atoms with Crippen molar-refractivity contribution in [1.82, 2.24) is 21.3 Å². The zero-order chi connectivity index (χ0) is 81.5. The highest BCUT2D eigenvalue weighted by molar-refractivity contribution is 5.79. The molecule has 50 heteroatoms. The van der Waals surface area contributed by atoms with E-state index in [4.69, 9.17) is 61.6 Å². The Morgan fingerprint density at radius 2 is 0.761 bits per heavy atom. The van der Waals surface area contributed by atoms with Gasteiger partial charge >= 0.3 is 17.9 Å². The van der Waals surface area contributed by atoms with Gasteiger partial charge in [0, 0.05) is 40.0 Å². The van der Waals surface area contributed by atoms with Gasteiger partial charge in [0.25, 0.3) is 17.4 Å². The normalized spacial score (nSPS) is 43.1. The molecule has 50 nitrogen and oxygen atoms in total. The lowest BCUT2D eigenvalue weighted by Crippen LogP contribution is -2.73. The van der Waals surface area contributed by atoms with Gasteiger partial charge in [-0.15, -0.1) is 0 Å². The van der Waals surface area contributed by atoms with Crippen LogP contribution in [0.1, 0.15) is 40.0 Å². The number of carboxylic acids is 3. The minimum atomic E-state index is -3.82. The zero-order valence-corrected chi connectivity index (χ0v) is 57.8. The van der Waals surface area contributed by atoms with E-state index in [1.165, 1.54) is 0 Å². The molecule has 38 atom stereocenters. The zero-order valence-electron chi connectivity index (χ0n) is 57.8. The summed E-state index contributed by atoms with van der Waals surface area (Å²) >= 11 is 0. The average Bonchev–Trinajstić information content (AvgIpc) is 0.751. The summed E-state index contributed by atoms with van der Waals surface area (Å²) in [5.41, 5.74) is 0. The Morgan fingerprint density at radius 3 is 1.19 bits per heavy atom. The van der Waals surface area contributed by atoms with Gasteiger partial charge in [-0.05, 0) is 0 Å². The van der Waals surface area contributed by atoms with Gasteiger partial charge in [0.2, 0.25) is 23.6 Å². The SMILES string of the molecule is CC(=O)N[C@H]1[C@H](O[C@@H]2[C@H](O[C@]3(C(=O)O)C[C@H](O)[C@@H](NC(=O)CO)[C@H]([C@H](O)[C@@H](CO)O[C@]4(C(=O)O)C[C@H](O)[C@@H](NC(C)=O)[C@H]([C@H](O)[C@H](O)CO)O4)O3)[C@@H](O)[C@H](O[C@H]3[C@H](O)[C@@H](O)[C@H](O)O[C@@H]3CO)O[C@@H]2CO)O[C@H](CO)[C@H](O)[C@@H]1O[C@@H]1O[C@H](CO)[C@H](O)[C@H](O[C@]2(C(=O)O)C[C@H](O)[C@@H](NC(C)=O)[C@H]([C@H](O)[C@H](O)CO)O2)[C@H]1O. The van der Waals surface area contributed by atoms with E-state index in [0.717, 1.165) is 20.8 Å². The second-order valence-corrected chi connectivity index (χ2v) is 26.8. The molecular formula is C59H96N4O46. The van der Waals surface area contributed by atoms with E-state index < -0.39 is 345 Å². The number of carbonyl (C=O) groups excluding carboxylic acids is 4. The number of aliphatic carboxylic acids is 3. The monoisotopic (exact) mass is 1600 g/mol. The number of nitrogens with one attached hydrogen (secondary N) is 4. The van der Waals surface area contributed by atoms with Gasteiger partial charge in [0.1, 0.15) is 159 Å². The van der Waals surface area contributed by atoms with Crippen molar-refractivity contribution in [1.29, 1.82) is 0 Å². The maximum Gasteiger partial charge on any atom is 0.364 e. The van der Waals surface area contributed by atoms with Crippen molar-refractivity contribution in [2.75, 3.05) is 52.9 Å². The Morgan fingerprint density at radius 1 is 0.394 bits per heavy atom. The van der Waals surface area contributed by atoms with Crippen LogP contribution < -0.4 is 21.3 Å². The highest BCUT2D eigenvalue weighted by Gasteiger charge is 2.66. The molecule has 7 fully saturated rings. The minimum Gasteiger partial charge on any atom is -0.477 e. The molecule has 0 aliphatic carbocycles. The molecule has 0 spiro atoms. The Hall–Kier alpha value is -5.15. The summed E-state index contributed by atoms with van der Waals surface area (Å²) in [4.78, 5) is 91.8. The summed E-state index contributed by atoms with van der Waals surface area (Å²) < 4.78 is 75.6. The topological polar surface area (TPSA) is 814 Å². The molecule has 0 unspecified atom stereocenters. The maximum absolute atomic E-state index is 14.2. The standard InChI is InChI=1S/C59H96N4O46/c1-15(72)60-29-18(75)4-57(54(91)92,105-45(29)33(81)21(78)7-64)104-25(11-68)37(85)47-31(63-28(80)14-71)20(77)6-59(107-47,56(95)96)109-49-41(89)53(101-42-26(12-69)97-50(90)39(87)38(42)86)100-27(13-70)43(49)102-51-32(62-17(3)74)44(35(83)23(9-66)98-51)103-52-40(88)48(36(84)24(10-67)99-52)108-58(55(93)94)5-19(76)30(61-16(2)73)46(106-58)34(82)22(79)8-65/h18-27,29-53,64-71,75-79,81-90H,4-14H2,1-3H3,(H,60,72)(H,61,73)(H,62,74)(H,63,80)(H,91,92)(H,93,94)(H,95,96)/t18-,19-,20-,21+,22+,23+,24+,25+,26+,27+,29+,30+,31+,32+,33+,34+,35-,36-,37+,38+,39+,40+,41+,42+,43-,44+,45+,46+,47+,48-,49+,50+,51-,52-,53-,57+,58-,59-/m0/s1. The molecule has 4 amide bonds. The fourth-order valence-electron chi connectivity index (χ4n) is 13.7. The van der Waals surface area contributed by atoms with Crippen LogP contribution in [0.3, 0.4) is 0 Å². The van der Waals surface area contributed by atoms with Crippen molar-refractivity contribution >= 4 is 41.5 Å². The van der Waals surface area contributed by atoms with Crippen LogP contribution in [-0.2, 0) is 95.1 Å². The molecule has 0 aromatic carbocycles. The lowest BCUT2D eigenvalue weighted by molar-refractivity contribution is -0.405. The fourth-order valence-corrected chi connectivity index (χ4v) is 13.7. The molecule has 7 rings (SSSR count). The quantitative estimate of drug-likeness (QED) is 0.0290. The minimum absolute atomic E-state index is 0.797. The van der Waals surface area contributed by atoms with Crippen LogP contribution in [0, 0.1) is 0 Å². The molecule has 7 saturated heterocycles. The molecule has 30 N–H and O–H groups in total. The summed E-state index contributed by atoms with van der Waals surface area (Å²) in [6.07, 6.45) is -78.8. The number of aliphatic hydroxyl groups is 23. The van der Waals surface area contributed by atoms with E-state index in [9.17, 15) is 166 Å². The number of carboxylic acid groups (broad SMARTS) is 3. The molecule has 628 valence electrons. The summed E-state index contributed by atoms with van der Waals surface area (Å²) in [7, 11) is 0. The van der Waals surface area contributed by atoms with Crippen molar-refractivity contribution in [3.05, 3.63) is 0 Å². The van der Waals surface area contributed by atoms with Gasteiger partial charge < -0.3 is 216 Å². The van der Waals surface area contributed by atoms with Crippen LogP contribution in [0.4, 0.5) is 0 Å². The van der Waals surface area contributed by atoms with E-state index in [1.807, 2.05) is 5.32 Å². The first kappa shape index (κ1) is 91.0. The number of amides is 4. The van der Waals surface area contributed by atoms with Crippen molar-refractivity contribution < 1.29 is 228 Å². The second kappa shape index (κ2) is 38.3. The highest BCUT2D eigenvalue weighted by Crippen LogP contribution is 2.44. The summed E-state index contributed by atoms with van der Waals surface area (Å²) in [6, 6.07) is -8.21. The first-order chi connectivity index (χ1) is 51.1. The number of aliphatic hydroxyl groups excluding tert-OH is 23. The number of hydrogen-bond donors (Lipinski definition) is 30. The van der Waals surface area contributed by atoms with Crippen LogP contribution in [0.5, 0.6) is 0 Å². The van der Waals surface area contributed by atoms with Crippen LogP contribution in [0.25, 0.3) is 0 Å². The van der Waals surface area contributed by atoms with Gasteiger partial charge in [-0.1, -0.05) is 0 Å². The van der Waals surface area contributed by atoms with Crippen LogP contribution in [0.15, 0.2) is 0 Å². The van der Waals surface area contributed by atoms with Gasteiger partial charge in [0.05, 0.1) is 82.7 Å². The Labute approximate surface area is 613 Å². The number of hydrogen-bond acceptors (Lipinski definition) is 43. The molecule has 0 saturated carbocycles. The van der Waals surface area contributed by atoms with Crippen LogP contribution in [0.2, 0.25) is 0 Å². The molecule has 7 heterocycles. The van der Waals surface area contributed by atoms with E-state index in [-0.39, 0.29) is 0 Å². The maximum atomic E-state index is 14.2. The average molecular weight is 1600 g/mol. The predicted octanol–water partition coefficient (Wildman–Crippen LogP) is -19.1. The lowest BCUT2D eigenvalue weighted by atomic mass is 9.87. The molecule has 0 bridgehead atoms. The van der Waals surface area contributed by atoms with Crippen molar-refractivity contribution in [3.63, 3.8) is 0 Å². The third-order valence-electron chi connectivity index (χ3n) is 19.2. The van der Waals surface area contributed by atoms with Gasteiger partial charge in [0.15, 0.2) is 25.2 Å². The fraction of sp³-hybridized carbons (Fsp3) is 0.881. The van der Waals surface area contributed by atoms with Gasteiger partial charge in [-0.2, -0.15) is 0 Å². The second-order valence-electron chi connectivity index (χ2n) is 26.8. The molecule has 7 aliphatic rings. The van der Waals surface area contributed by atoms with E-state index >= 15 is 0 Å². The Balaban J connectivity index is 1.32. The third-order valence-corrected chi connectivity index (χ3v) is 19.2. The molecule has 0 radical (unpaired) electrons. The molecule has 7 aliphatic heterocycles. The molecule has 0 aromatic rings. The number of rotatable bonds is 33. The Bertz CT molecular complexity index is 3030. The largest absolute Gasteiger partial charge is 0.477 e. The van der Waals surface area contributed by atoms with Crippen LogP contribution >= 0.6 is 0 Å². The smallest absolute Gasteiger partial charge is 0.364 e. The van der Waals surface area contributed by atoms with E-state index in [2.05, 4.69) is 16.0 Å². The molecular weight excluding hydrogens is 1500 g/mol. The van der Waals surface area contributed by atoms with E-state index in [0.29, 0.717) is 0 Å². The summed E-state index contributed by atoms with van der Waals surface area (Å²) in [5.74, 6) is -22.1. The molecule has 0 aromatic heterocycles. The predicted molar refractivity (Wildman–Crippen MR) is 331 cm³/mol. The van der Waals surface area contributed by atoms with Gasteiger partial charge in [-0.3, -0.25) is 19.2 Å². The number of carbonyl (C=O) groups is 7. The van der Waals surface area contributed by atoms with Crippen LogP contribution in [-0.4, -0.2) is 459 Å². The third kappa shape index (κ3) is 19.8. The lowest BCUT2D eigenvalue weighted by Gasteiger charge is -2.53. The summed E-state index contributed by atoms with van der Waals surface area (Å²) in [6.45, 7) is -8.34. The van der Waals surface area contributed by atoms with Crippen molar-refractivity contribution in [2.24, 2.45) is 0 Å². The number of ether oxygens (including phenoxy) is 13. The van der Waals surface area contributed by atoms with Crippen molar-refractivity contribution in [2.45, 2.75) is 272 Å². The highest BCUT2D eigenvalue weighted by atomic mass is 16.8. The van der Waals surface area contributed by atoms with Crippen molar-refractivity contribution in [3.8, 4) is 0 Å². The summed E-state index contributed by atoms with van der Waals surface area (Å²) in [5, 5.41) is 295. The molecule has 109 heavy (non-hydrogen) atoms.